The van der Waals surface area contributed by atoms with Crippen molar-refractivity contribution in [3.8, 4) is 0 Å². The minimum atomic E-state index is -4.53. The molecule has 1 aliphatic heterocycles. The third kappa shape index (κ3) is 2.53. The molecule has 1 amide bonds. The molecule has 0 radical (unpaired) electrons. The number of rotatable bonds is 4. The predicted octanol–water partition coefficient (Wildman–Crippen LogP) is 1.95. The number of amides is 1. The lowest BCUT2D eigenvalue weighted by Gasteiger charge is -2.36. The maximum Gasteiger partial charge on any atom is 0.404 e. The molecule has 1 saturated heterocycles. The van der Waals surface area contributed by atoms with E-state index in [4.69, 9.17) is 0 Å². The highest BCUT2D eigenvalue weighted by Crippen LogP contribution is 2.44. The molecule has 0 saturated carbocycles. The first-order valence-electron chi connectivity index (χ1n) is 5.95. The standard InChI is InChI=1S/C12H19F3N2O/c1-4-7-17(9(2)3)10(18)11(12(13,14)15)5-6-16-8-11/h4,9,16H,1,5-8H2,2-3H3. The van der Waals surface area contributed by atoms with Gasteiger partial charge in [-0.3, -0.25) is 4.79 Å². The molecule has 3 nitrogen and oxygen atoms in total. The van der Waals surface area contributed by atoms with Crippen LogP contribution in [0.5, 0.6) is 0 Å². The highest BCUT2D eigenvalue weighted by molar-refractivity contribution is 5.84. The van der Waals surface area contributed by atoms with Crippen LogP contribution in [0, 0.1) is 5.41 Å². The Morgan fingerprint density at radius 2 is 2.17 bits per heavy atom. The number of nitrogens with zero attached hydrogens (tertiary/aromatic N) is 1. The van der Waals surface area contributed by atoms with E-state index < -0.39 is 17.5 Å². The van der Waals surface area contributed by atoms with E-state index in [0.29, 0.717) is 0 Å². The van der Waals surface area contributed by atoms with Crippen LogP contribution >= 0.6 is 0 Å². The molecule has 0 spiro atoms. The van der Waals surface area contributed by atoms with Gasteiger partial charge in [-0.15, -0.1) is 6.58 Å². The summed E-state index contributed by atoms with van der Waals surface area (Å²) in [4.78, 5) is 13.5. The summed E-state index contributed by atoms with van der Waals surface area (Å²) in [5.74, 6) is -0.852. The summed E-state index contributed by atoms with van der Waals surface area (Å²) >= 11 is 0. The molecule has 1 aliphatic rings. The number of carbonyl (C=O) groups excluding carboxylic acids is 1. The molecule has 6 heteroatoms. The Morgan fingerprint density at radius 1 is 1.56 bits per heavy atom. The lowest BCUT2D eigenvalue weighted by atomic mass is 9.84. The third-order valence-corrected chi connectivity index (χ3v) is 3.32. The Morgan fingerprint density at radius 3 is 2.50 bits per heavy atom. The topological polar surface area (TPSA) is 32.3 Å². The molecule has 0 aliphatic carbocycles. The Kier molecular flexibility index (Phi) is 4.42. The van der Waals surface area contributed by atoms with Gasteiger partial charge in [0.2, 0.25) is 5.91 Å². The first-order valence-corrected chi connectivity index (χ1v) is 5.95. The second kappa shape index (κ2) is 5.30. The molecular weight excluding hydrogens is 245 g/mol. The van der Waals surface area contributed by atoms with Crippen LogP contribution < -0.4 is 5.32 Å². The number of nitrogens with one attached hydrogen (secondary N) is 1. The molecule has 0 bridgehead atoms. The molecule has 1 fully saturated rings. The van der Waals surface area contributed by atoms with Gasteiger partial charge in [0.1, 0.15) is 0 Å². The van der Waals surface area contributed by atoms with Gasteiger partial charge in [-0.2, -0.15) is 13.2 Å². The summed E-state index contributed by atoms with van der Waals surface area (Å²) < 4.78 is 39.7. The van der Waals surface area contributed by atoms with Gasteiger partial charge in [0.05, 0.1) is 0 Å². The predicted molar refractivity (Wildman–Crippen MR) is 63.0 cm³/mol. The average molecular weight is 264 g/mol. The molecule has 1 atom stereocenters. The summed E-state index contributed by atoms with van der Waals surface area (Å²) in [6.07, 6.45) is -3.28. The monoisotopic (exact) mass is 264 g/mol. The number of halogens is 3. The summed E-state index contributed by atoms with van der Waals surface area (Å²) in [5, 5.41) is 2.64. The van der Waals surface area contributed by atoms with Crippen LogP contribution in [0.25, 0.3) is 0 Å². The van der Waals surface area contributed by atoms with Crippen molar-refractivity contribution in [1.29, 1.82) is 0 Å². The second-order valence-electron chi connectivity index (χ2n) is 4.85. The highest BCUT2D eigenvalue weighted by Gasteiger charge is 2.62. The zero-order valence-corrected chi connectivity index (χ0v) is 10.7. The van der Waals surface area contributed by atoms with Crippen molar-refractivity contribution < 1.29 is 18.0 Å². The first-order chi connectivity index (χ1) is 8.26. The molecular formula is C12H19F3N2O. The van der Waals surface area contributed by atoms with E-state index in [1.54, 1.807) is 13.8 Å². The van der Waals surface area contributed by atoms with Crippen LogP contribution in [0.3, 0.4) is 0 Å². The van der Waals surface area contributed by atoms with Crippen LogP contribution in [0.2, 0.25) is 0 Å². The third-order valence-electron chi connectivity index (χ3n) is 3.32. The Hall–Kier alpha value is -1.04. The minimum Gasteiger partial charge on any atom is -0.336 e. The molecule has 1 rings (SSSR count). The molecule has 0 aromatic heterocycles. The lowest BCUT2D eigenvalue weighted by Crippen LogP contribution is -2.55. The SMILES string of the molecule is C=CCN(C(=O)C1(C(F)(F)F)CCNC1)C(C)C. The van der Waals surface area contributed by atoms with Crippen LogP contribution in [0.15, 0.2) is 12.7 Å². The zero-order valence-electron chi connectivity index (χ0n) is 10.7. The fourth-order valence-electron chi connectivity index (χ4n) is 2.18. The highest BCUT2D eigenvalue weighted by atomic mass is 19.4. The van der Waals surface area contributed by atoms with Crippen molar-refractivity contribution in [3.63, 3.8) is 0 Å². The van der Waals surface area contributed by atoms with E-state index in [2.05, 4.69) is 11.9 Å². The first kappa shape index (κ1) is 15.0. The molecule has 1 unspecified atom stereocenters. The fourth-order valence-corrected chi connectivity index (χ4v) is 2.18. The van der Waals surface area contributed by atoms with Crippen molar-refractivity contribution >= 4 is 5.91 Å². The van der Waals surface area contributed by atoms with E-state index in [-0.39, 0.29) is 32.1 Å². The van der Waals surface area contributed by atoms with E-state index >= 15 is 0 Å². The van der Waals surface area contributed by atoms with Crippen molar-refractivity contribution in [2.24, 2.45) is 5.41 Å². The smallest absolute Gasteiger partial charge is 0.336 e. The van der Waals surface area contributed by atoms with Gasteiger partial charge in [-0.05, 0) is 26.8 Å². The van der Waals surface area contributed by atoms with Gasteiger partial charge in [0, 0.05) is 19.1 Å². The molecule has 104 valence electrons. The largest absolute Gasteiger partial charge is 0.404 e. The Bertz CT molecular complexity index is 320. The molecule has 18 heavy (non-hydrogen) atoms. The maximum atomic E-state index is 13.2. The summed E-state index contributed by atoms with van der Waals surface area (Å²) in [7, 11) is 0. The van der Waals surface area contributed by atoms with Gasteiger partial charge >= 0.3 is 6.18 Å². The number of carbonyl (C=O) groups is 1. The van der Waals surface area contributed by atoms with Gasteiger partial charge in [-0.25, -0.2) is 0 Å². The van der Waals surface area contributed by atoms with E-state index in [0.717, 1.165) is 0 Å². The minimum absolute atomic E-state index is 0.133. The van der Waals surface area contributed by atoms with Gasteiger partial charge in [0.25, 0.3) is 0 Å². The Labute approximate surface area is 105 Å². The summed E-state index contributed by atoms with van der Waals surface area (Å²) in [6, 6.07) is -0.282. The molecule has 1 heterocycles. The van der Waals surface area contributed by atoms with Crippen LogP contribution in [0.1, 0.15) is 20.3 Å². The van der Waals surface area contributed by atoms with Crippen LogP contribution in [0.4, 0.5) is 13.2 Å². The molecule has 0 aromatic carbocycles. The number of alkyl halides is 3. The molecule has 0 aromatic rings. The van der Waals surface area contributed by atoms with E-state index in [1.165, 1.54) is 11.0 Å². The molecule has 1 N–H and O–H groups in total. The number of hydrogen-bond donors (Lipinski definition) is 1. The maximum absolute atomic E-state index is 13.2. The van der Waals surface area contributed by atoms with Crippen molar-refractivity contribution in [2.75, 3.05) is 19.6 Å². The number of hydrogen-bond acceptors (Lipinski definition) is 2. The van der Waals surface area contributed by atoms with Gasteiger partial charge < -0.3 is 10.2 Å². The van der Waals surface area contributed by atoms with Crippen molar-refractivity contribution in [2.45, 2.75) is 32.5 Å². The zero-order chi connectivity index (χ0) is 14.0. The van der Waals surface area contributed by atoms with Crippen LogP contribution in [-0.4, -0.2) is 42.7 Å². The van der Waals surface area contributed by atoms with Crippen LogP contribution in [-0.2, 0) is 4.79 Å². The summed E-state index contributed by atoms with van der Waals surface area (Å²) in [5.41, 5.74) is -2.28. The lowest BCUT2D eigenvalue weighted by molar-refractivity contribution is -0.222. The second-order valence-corrected chi connectivity index (χ2v) is 4.85. The van der Waals surface area contributed by atoms with E-state index in [9.17, 15) is 18.0 Å². The van der Waals surface area contributed by atoms with Gasteiger partial charge in [0.15, 0.2) is 5.41 Å². The Balaban J connectivity index is 3.06. The quantitative estimate of drug-likeness (QED) is 0.787. The summed E-state index contributed by atoms with van der Waals surface area (Å²) in [6.45, 7) is 6.90. The van der Waals surface area contributed by atoms with Gasteiger partial charge in [-0.1, -0.05) is 6.08 Å². The fraction of sp³-hybridized carbons (Fsp3) is 0.750. The average Bonchev–Trinajstić information content (AvgIpc) is 2.73. The normalized spacial score (nSPS) is 24.3. The van der Waals surface area contributed by atoms with E-state index in [1.807, 2.05) is 0 Å². The van der Waals surface area contributed by atoms with Crippen molar-refractivity contribution in [3.05, 3.63) is 12.7 Å². The van der Waals surface area contributed by atoms with Crippen molar-refractivity contribution in [1.82, 2.24) is 10.2 Å².